The molecule has 0 saturated heterocycles. The lowest BCUT2D eigenvalue weighted by Gasteiger charge is -2.35. The van der Waals surface area contributed by atoms with Crippen molar-refractivity contribution in [1.29, 1.82) is 0 Å². The maximum atomic E-state index is 12.2. The molecule has 0 fully saturated rings. The van der Waals surface area contributed by atoms with Crippen LogP contribution >= 0.6 is 0 Å². The van der Waals surface area contributed by atoms with Crippen LogP contribution in [0.15, 0.2) is 34.7 Å². The third-order valence-electron chi connectivity index (χ3n) is 4.05. The van der Waals surface area contributed by atoms with E-state index in [0.717, 1.165) is 5.56 Å². The molecule has 1 aromatic heterocycles. The summed E-state index contributed by atoms with van der Waals surface area (Å²) in [4.78, 5) is 12.2. The van der Waals surface area contributed by atoms with Crippen LogP contribution in [0.2, 0.25) is 18.1 Å². The quantitative estimate of drug-likeness (QED) is 0.617. The van der Waals surface area contributed by atoms with Crippen molar-refractivity contribution in [3.63, 3.8) is 0 Å². The van der Waals surface area contributed by atoms with Gasteiger partial charge >= 0.3 is 0 Å². The number of nitrogens with zero attached hydrogens (tertiary/aromatic N) is 2. The average molecular weight is 318 g/mol. The van der Waals surface area contributed by atoms with E-state index in [2.05, 4.69) is 44.1 Å². The van der Waals surface area contributed by atoms with Crippen LogP contribution in [0.1, 0.15) is 31.5 Å². The number of hydrogen-bond acceptors (Lipinski definition) is 5. The van der Waals surface area contributed by atoms with E-state index in [4.69, 9.17) is 8.84 Å². The fourth-order valence-electron chi connectivity index (χ4n) is 1.56. The second-order valence-electron chi connectivity index (χ2n) is 6.75. The summed E-state index contributed by atoms with van der Waals surface area (Å²) in [5, 5.41) is 7.80. The number of hydrogen-bond donors (Lipinski definition) is 0. The normalized spacial score (nSPS) is 12.4. The minimum Gasteiger partial charge on any atom is -0.414 e. The predicted octanol–water partition coefficient (Wildman–Crippen LogP) is 3.94. The summed E-state index contributed by atoms with van der Waals surface area (Å²) in [6.45, 7) is 10.6. The fourth-order valence-corrected chi connectivity index (χ4v) is 2.48. The maximum Gasteiger partial charge on any atom is 0.286 e. The van der Waals surface area contributed by atoms with Crippen molar-refractivity contribution in [2.75, 3.05) is 6.61 Å². The van der Waals surface area contributed by atoms with Crippen LogP contribution in [0.4, 0.5) is 0 Å². The van der Waals surface area contributed by atoms with Gasteiger partial charge in [0.15, 0.2) is 8.32 Å². The molecule has 0 aliphatic rings. The first-order valence-electron chi connectivity index (χ1n) is 7.27. The molecular weight excluding hydrogens is 296 g/mol. The molecule has 2 aromatic rings. The van der Waals surface area contributed by atoms with E-state index in [1.54, 1.807) is 0 Å². The molecule has 22 heavy (non-hydrogen) atoms. The van der Waals surface area contributed by atoms with Crippen LogP contribution in [0, 0.1) is 0 Å². The van der Waals surface area contributed by atoms with Gasteiger partial charge in [-0.25, -0.2) is 0 Å². The van der Waals surface area contributed by atoms with E-state index in [1.165, 1.54) is 0 Å². The highest BCUT2D eigenvalue weighted by Crippen LogP contribution is 2.36. The topological polar surface area (TPSA) is 65.2 Å². The number of benzene rings is 1. The lowest BCUT2D eigenvalue weighted by Crippen LogP contribution is -2.42. The van der Waals surface area contributed by atoms with Gasteiger partial charge in [0.1, 0.15) is 6.61 Å². The molecule has 0 aliphatic carbocycles. The highest BCUT2D eigenvalue weighted by atomic mass is 28.4. The summed E-state index contributed by atoms with van der Waals surface area (Å²) in [6.07, 6.45) is 0. The van der Waals surface area contributed by atoms with Crippen LogP contribution in [0.5, 0.6) is 0 Å². The van der Waals surface area contributed by atoms with E-state index in [0.29, 0.717) is 5.89 Å². The molecule has 5 nitrogen and oxygen atoms in total. The fraction of sp³-hybridized carbons (Fsp3) is 0.438. The molecule has 2 rings (SSSR count). The van der Waals surface area contributed by atoms with E-state index in [1.807, 2.05) is 30.3 Å². The summed E-state index contributed by atoms with van der Waals surface area (Å²) >= 11 is 0. The minimum absolute atomic E-state index is 0.00226. The van der Waals surface area contributed by atoms with Gasteiger partial charge in [-0.1, -0.05) is 39.0 Å². The number of carbonyl (C=O) groups excluding carboxylic acids is 1. The number of carbonyl (C=O) groups is 1. The Hall–Kier alpha value is -1.79. The number of rotatable bonds is 5. The Morgan fingerprint density at radius 3 is 2.41 bits per heavy atom. The zero-order valence-corrected chi connectivity index (χ0v) is 14.7. The van der Waals surface area contributed by atoms with Crippen LogP contribution in [-0.4, -0.2) is 30.9 Å². The smallest absolute Gasteiger partial charge is 0.286 e. The molecule has 0 N–H and O–H groups in total. The zero-order valence-electron chi connectivity index (χ0n) is 13.7. The molecule has 0 spiro atoms. The molecular formula is C16H22N2O3Si. The van der Waals surface area contributed by atoms with Gasteiger partial charge in [0.05, 0.1) is 0 Å². The SMILES string of the molecule is CC(C)(C)[Si](C)(C)OCC(=O)c1nnc(-c2ccccc2)o1. The molecule has 6 heteroatoms. The Morgan fingerprint density at radius 1 is 1.18 bits per heavy atom. The molecule has 0 radical (unpaired) electrons. The third-order valence-corrected chi connectivity index (χ3v) is 8.53. The van der Waals surface area contributed by atoms with Crippen molar-refractivity contribution in [2.24, 2.45) is 0 Å². The molecule has 0 unspecified atom stereocenters. The Labute approximate surface area is 131 Å². The van der Waals surface area contributed by atoms with Gasteiger partial charge in [-0.15, -0.1) is 10.2 Å². The highest BCUT2D eigenvalue weighted by molar-refractivity contribution is 6.74. The van der Waals surface area contributed by atoms with Crippen molar-refractivity contribution >= 4 is 14.1 Å². The minimum atomic E-state index is -1.97. The largest absolute Gasteiger partial charge is 0.414 e. The van der Waals surface area contributed by atoms with Gasteiger partial charge in [0.25, 0.3) is 5.89 Å². The third kappa shape index (κ3) is 3.69. The Kier molecular flexibility index (Phi) is 4.62. The van der Waals surface area contributed by atoms with Crippen LogP contribution in [0.3, 0.4) is 0 Å². The summed E-state index contributed by atoms with van der Waals surface area (Å²) in [5.74, 6) is 0.0633. The van der Waals surface area contributed by atoms with Gasteiger partial charge in [-0.3, -0.25) is 4.79 Å². The van der Waals surface area contributed by atoms with E-state index >= 15 is 0 Å². The summed E-state index contributed by atoms with van der Waals surface area (Å²) in [5.41, 5.74) is 0.791. The Morgan fingerprint density at radius 2 is 1.82 bits per heavy atom. The standard InChI is InChI=1S/C16H22N2O3Si/c1-16(2,3)22(4,5)20-11-13(19)15-18-17-14(21-15)12-9-7-6-8-10-12/h6-10H,11H2,1-5H3. The Bertz CT molecular complexity index is 645. The van der Waals surface area contributed by atoms with Crippen molar-refractivity contribution in [3.05, 3.63) is 36.2 Å². The molecule has 118 valence electrons. The first-order valence-corrected chi connectivity index (χ1v) is 10.2. The summed E-state index contributed by atoms with van der Waals surface area (Å²) in [7, 11) is -1.97. The van der Waals surface area contributed by atoms with Crippen molar-refractivity contribution in [2.45, 2.75) is 38.9 Å². The average Bonchev–Trinajstić information content (AvgIpc) is 2.94. The van der Waals surface area contributed by atoms with Crippen LogP contribution in [0.25, 0.3) is 11.5 Å². The Balaban J connectivity index is 2.04. The van der Waals surface area contributed by atoms with Gasteiger partial charge < -0.3 is 8.84 Å². The first kappa shape index (κ1) is 16.6. The monoisotopic (exact) mass is 318 g/mol. The molecule has 0 bridgehead atoms. The predicted molar refractivity (Wildman–Crippen MR) is 87.2 cm³/mol. The molecule has 1 aromatic carbocycles. The zero-order chi connectivity index (χ0) is 16.4. The second-order valence-corrected chi connectivity index (χ2v) is 11.6. The van der Waals surface area contributed by atoms with E-state index < -0.39 is 8.32 Å². The van der Waals surface area contributed by atoms with E-state index in [-0.39, 0.29) is 23.3 Å². The van der Waals surface area contributed by atoms with E-state index in [9.17, 15) is 4.79 Å². The van der Waals surface area contributed by atoms with Crippen molar-refractivity contribution < 1.29 is 13.6 Å². The van der Waals surface area contributed by atoms with Crippen LogP contribution < -0.4 is 0 Å². The molecule has 0 saturated carbocycles. The van der Waals surface area contributed by atoms with Gasteiger partial charge in [-0.05, 0) is 30.3 Å². The number of Topliss-reactive ketones (excluding diaryl/α,β-unsaturated/α-hetero) is 1. The lowest BCUT2D eigenvalue weighted by atomic mass is 10.2. The summed E-state index contributed by atoms with van der Waals surface area (Å²) < 4.78 is 11.3. The van der Waals surface area contributed by atoms with Gasteiger partial charge in [-0.2, -0.15) is 0 Å². The maximum absolute atomic E-state index is 12.2. The molecule has 0 amide bonds. The van der Waals surface area contributed by atoms with Crippen molar-refractivity contribution in [3.8, 4) is 11.5 Å². The van der Waals surface area contributed by atoms with Gasteiger partial charge in [0.2, 0.25) is 11.7 Å². The van der Waals surface area contributed by atoms with Crippen LogP contribution in [-0.2, 0) is 4.43 Å². The molecule has 1 heterocycles. The molecule has 0 atom stereocenters. The van der Waals surface area contributed by atoms with Gasteiger partial charge in [0, 0.05) is 5.56 Å². The first-order chi connectivity index (χ1) is 10.2. The molecule has 0 aliphatic heterocycles. The van der Waals surface area contributed by atoms with Crippen molar-refractivity contribution in [1.82, 2.24) is 10.2 Å². The summed E-state index contributed by atoms with van der Waals surface area (Å²) in [6, 6.07) is 9.37. The highest BCUT2D eigenvalue weighted by Gasteiger charge is 2.37. The number of ketones is 1. The number of aromatic nitrogens is 2. The second kappa shape index (κ2) is 6.14. The lowest BCUT2D eigenvalue weighted by molar-refractivity contribution is 0.0877.